The number of hydrogen-bond acceptors (Lipinski definition) is 4. The van der Waals surface area contributed by atoms with Gasteiger partial charge in [-0.25, -0.2) is 4.98 Å². The molecule has 102 valence electrons. The third kappa shape index (κ3) is 2.69. The van der Waals surface area contributed by atoms with Crippen molar-refractivity contribution in [3.8, 4) is 22.9 Å². The Labute approximate surface area is 112 Å². The first-order chi connectivity index (χ1) is 9.45. The molecule has 2 aromatic rings. The van der Waals surface area contributed by atoms with Gasteiger partial charge >= 0.3 is 6.18 Å². The van der Waals surface area contributed by atoms with Crippen LogP contribution in [-0.4, -0.2) is 17.1 Å². The average Bonchev–Trinajstić information content (AvgIpc) is 2.45. The van der Waals surface area contributed by atoms with Gasteiger partial charge in [0, 0.05) is 17.3 Å². The van der Waals surface area contributed by atoms with Gasteiger partial charge in [-0.05, 0) is 12.1 Å². The van der Waals surface area contributed by atoms with E-state index in [-0.39, 0.29) is 5.69 Å². The van der Waals surface area contributed by atoms with Crippen LogP contribution in [0.25, 0.3) is 11.1 Å². The third-order valence-electron chi connectivity index (χ3n) is 2.57. The summed E-state index contributed by atoms with van der Waals surface area (Å²) in [5.74, 6) is 0.352. The number of halogens is 3. The Hall–Kier alpha value is -2.62. The second-order valence-electron chi connectivity index (χ2n) is 3.81. The number of methoxy groups -OCH3 is 1. The zero-order chi connectivity index (χ0) is 14.8. The molecule has 0 bridgehead atoms. The van der Waals surface area contributed by atoms with Gasteiger partial charge in [-0.3, -0.25) is 4.98 Å². The second-order valence-corrected chi connectivity index (χ2v) is 3.81. The molecule has 2 rings (SSSR count). The molecule has 0 aromatic carbocycles. The molecule has 0 N–H and O–H groups in total. The van der Waals surface area contributed by atoms with Gasteiger partial charge in [0.1, 0.15) is 23.2 Å². The first-order valence-corrected chi connectivity index (χ1v) is 5.43. The van der Waals surface area contributed by atoms with E-state index in [1.807, 2.05) is 6.07 Å². The zero-order valence-corrected chi connectivity index (χ0v) is 10.3. The summed E-state index contributed by atoms with van der Waals surface area (Å²) in [4.78, 5) is 7.20. The van der Waals surface area contributed by atoms with E-state index in [4.69, 9.17) is 10.00 Å². The SMILES string of the molecule is COc1cnc(C#N)cc1-c1ccc(C(F)(F)F)nc1. The molecule has 0 atom stereocenters. The topological polar surface area (TPSA) is 58.8 Å². The van der Waals surface area contributed by atoms with Crippen LogP contribution in [0.4, 0.5) is 13.2 Å². The molecular formula is C13H8F3N3O. The van der Waals surface area contributed by atoms with Gasteiger partial charge < -0.3 is 4.74 Å². The van der Waals surface area contributed by atoms with Gasteiger partial charge in [0.25, 0.3) is 0 Å². The average molecular weight is 279 g/mol. The van der Waals surface area contributed by atoms with E-state index in [0.29, 0.717) is 16.9 Å². The number of ether oxygens (including phenoxy) is 1. The van der Waals surface area contributed by atoms with Crippen LogP contribution in [0.3, 0.4) is 0 Å². The number of rotatable bonds is 2. The molecule has 7 heteroatoms. The molecule has 0 aliphatic heterocycles. The molecule has 0 radical (unpaired) electrons. The summed E-state index contributed by atoms with van der Waals surface area (Å²) in [7, 11) is 1.41. The van der Waals surface area contributed by atoms with Crippen LogP contribution >= 0.6 is 0 Å². The van der Waals surface area contributed by atoms with E-state index in [9.17, 15) is 13.2 Å². The first kappa shape index (κ1) is 13.8. The van der Waals surface area contributed by atoms with Crippen LogP contribution in [0.1, 0.15) is 11.4 Å². The van der Waals surface area contributed by atoms with Crippen molar-refractivity contribution in [3.63, 3.8) is 0 Å². The largest absolute Gasteiger partial charge is 0.494 e. The Bertz CT molecular complexity index is 660. The van der Waals surface area contributed by atoms with Crippen molar-refractivity contribution in [2.75, 3.05) is 7.11 Å². The number of aromatic nitrogens is 2. The van der Waals surface area contributed by atoms with E-state index in [1.165, 1.54) is 25.4 Å². The molecule has 0 spiro atoms. The minimum absolute atomic E-state index is 0.140. The second kappa shape index (κ2) is 5.17. The normalized spacial score (nSPS) is 10.9. The predicted octanol–water partition coefficient (Wildman–Crippen LogP) is 3.04. The van der Waals surface area contributed by atoms with Gasteiger partial charge in [0.15, 0.2) is 0 Å². The quantitative estimate of drug-likeness (QED) is 0.847. The van der Waals surface area contributed by atoms with Crippen LogP contribution < -0.4 is 4.74 Å². The van der Waals surface area contributed by atoms with Gasteiger partial charge in [0.2, 0.25) is 0 Å². The van der Waals surface area contributed by atoms with E-state index in [0.717, 1.165) is 12.3 Å². The number of nitrogens with zero attached hydrogens (tertiary/aromatic N) is 3. The van der Waals surface area contributed by atoms with E-state index in [1.54, 1.807) is 0 Å². The Balaban J connectivity index is 2.49. The Kier molecular flexibility index (Phi) is 3.57. The van der Waals surface area contributed by atoms with Gasteiger partial charge in [-0.2, -0.15) is 18.4 Å². The highest BCUT2D eigenvalue weighted by Crippen LogP contribution is 2.32. The van der Waals surface area contributed by atoms with Crippen molar-refractivity contribution in [2.45, 2.75) is 6.18 Å². The maximum atomic E-state index is 12.4. The van der Waals surface area contributed by atoms with Crippen LogP contribution in [0.2, 0.25) is 0 Å². The van der Waals surface area contributed by atoms with E-state index in [2.05, 4.69) is 9.97 Å². The van der Waals surface area contributed by atoms with Crippen LogP contribution in [0.5, 0.6) is 5.75 Å². The van der Waals surface area contributed by atoms with Crippen molar-refractivity contribution in [1.82, 2.24) is 9.97 Å². The molecule has 0 unspecified atom stereocenters. The highest BCUT2D eigenvalue weighted by molar-refractivity contribution is 5.70. The lowest BCUT2D eigenvalue weighted by Crippen LogP contribution is -2.07. The van der Waals surface area contributed by atoms with Crippen LogP contribution in [0, 0.1) is 11.3 Å². The third-order valence-corrected chi connectivity index (χ3v) is 2.57. The minimum Gasteiger partial charge on any atom is -0.494 e. The molecule has 2 heterocycles. The molecule has 20 heavy (non-hydrogen) atoms. The minimum atomic E-state index is -4.49. The summed E-state index contributed by atoms with van der Waals surface area (Å²) in [6.45, 7) is 0. The standard InChI is InChI=1S/C13H8F3N3O/c1-20-11-7-18-9(5-17)4-10(11)8-2-3-12(19-6-8)13(14,15)16/h2-4,6-7H,1H3. The number of alkyl halides is 3. The monoisotopic (exact) mass is 279 g/mol. The lowest BCUT2D eigenvalue weighted by Gasteiger charge is -2.10. The fourth-order valence-corrected chi connectivity index (χ4v) is 1.61. The maximum Gasteiger partial charge on any atom is 0.433 e. The molecule has 0 saturated carbocycles. The van der Waals surface area contributed by atoms with Crippen LogP contribution in [-0.2, 0) is 6.18 Å². The summed E-state index contributed by atoms with van der Waals surface area (Å²) in [6.07, 6.45) is -2.06. The van der Waals surface area contributed by atoms with Crippen molar-refractivity contribution >= 4 is 0 Å². The fourth-order valence-electron chi connectivity index (χ4n) is 1.61. The van der Waals surface area contributed by atoms with Crippen molar-refractivity contribution in [3.05, 3.63) is 42.0 Å². The molecule has 0 aliphatic carbocycles. The number of pyridine rings is 2. The smallest absolute Gasteiger partial charge is 0.433 e. The first-order valence-electron chi connectivity index (χ1n) is 5.43. The molecule has 0 amide bonds. The van der Waals surface area contributed by atoms with E-state index >= 15 is 0 Å². The molecular weight excluding hydrogens is 271 g/mol. The fraction of sp³-hybridized carbons (Fsp3) is 0.154. The lowest BCUT2D eigenvalue weighted by atomic mass is 10.1. The summed E-state index contributed by atoms with van der Waals surface area (Å²) >= 11 is 0. The number of hydrogen-bond donors (Lipinski definition) is 0. The molecule has 0 fully saturated rings. The predicted molar refractivity (Wildman–Crippen MR) is 63.7 cm³/mol. The summed E-state index contributed by atoms with van der Waals surface area (Å²) in [6, 6.07) is 5.44. The van der Waals surface area contributed by atoms with Crippen molar-refractivity contribution in [1.29, 1.82) is 5.26 Å². The molecule has 0 aliphatic rings. The van der Waals surface area contributed by atoms with Crippen molar-refractivity contribution in [2.24, 2.45) is 0 Å². The Morgan fingerprint density at radius 1 is 1.20 bits per heavy atom. The van der Waals surface area contributed by atoms with Gasteiger partial charge in [-0.15, -0.1) is 0 Å². The van der Waals surface area contributed by atoms with Crippen LogP contribution in [0.15, 0.2) is 30.6 Å². The Morgan fingerprint density at radius 2 is 1.95 bits per heavy atom. The molecule has 4 nitrogen and oxygen atoms in total. The van der Waals surface area contributed by atoms with Gasteiger partial charge in [0.05, 0.1) is 13.3 Å². The summed E-state index contributed by atoms with van der Waals surface area (Å²) in [5, 5.41) is 8.81. The zero-order valence-electron chi connectivity index (χ0n) is 10.3. The Morgan fingerprint density at radius 3 is 2.45 bits per heavy atom. The maximum absolute atomic E-state index is 12.4. The lowest BCUT2D eigenvalue weighted by molar-refractivity contribution is -0.141. The molecule has 0 saturated heterocycles. The highest BCUT2D eigenvalue weighted by Gasteiger charge is 2.32. The van der Waals surface area contributed by atoms with Gasteiger partial charge in [-0.1, -0.05) is 6.07 Å². The highest BCUT2D eigenvalue weighted by atomic mass is 19.4. The van der Waals surface area contributed by atoms with E-state index < -0.39 is 11.9 Å². The van der Waals surface area contributed by atoms with Crippen molar-refractivity contribution < 1.29 is 17.9 Å². The summed E-state index contributed by atoms with van der Waals surface area (Å²) < 4.78 is 42.4. The molecule has 2 aromatic heterocycles. The number of nitriles is 1. The summed E-state index contributed by atoms with van der Waals surface area (Å²) in [5.41, 5.74) is 0.0319.